The van der Waals surface area contributed by atoms with Gasteiger partial charge in [-0.1, -0.05) is 26.7 Å². The third-order valence-electron chi connectivity index (χ3n) is 3.74. The van der Waals surface area contributed by atoms with Crippen molar-refractivity contribution in [3.63, 3.8) is 0 Å². The quantitative estimate of drug-likeness (QED) is 0.727. The van der Waals surface area contributed by atoms with Gasteiger partial charge in [-0.2, -0.15) is 10.4 Å². The Bertz CT molecular complexity index is 596. The van der Waals surface area contributed by atoms with Gasteiger partial charge in [0.1, 0.15) is 11.6 Å². The number of carbonyl (C=O) groups excluding carboxylic acids is 1. The van der Waals surface area contributed by atoms with Crippen LogP contribution in [-0.4, -0.2) is 39.4 Å². The molecule has 6 nitrogen and oxygen atoms in total. The van der Waals surface area contributed by atoms with Crippen molar-refractivity contribution >= 4 is 17.4 Å². The van der Waals surface area contributed by atoms with Crippen LogP contribution < -0.4 is 0 Å². The molecule has 0 aromatic carbocycles. The van der Waals surface area contributed by atoms with E-state index in [0.717, 1.165) is 44.5 Å². The fraction of sp³-hybridized carbons (Fsp3) is 0.625. The molecule has 118 valence electrons. The van der Waals surface area contributed by atoms with Gasteiger partial charge in [0.05, 0.1) is 19.2 Å². The van der Waals surface area contributed by atoms with E-state index in [1.165, 1.54) is 0 Å². The molecule has 2 rings (SSSR count). The summed E-state index contributed by atoms with van der Waals surface area (Å²) in [5.41, 5.74) is 1.30. The topological polar surface area (TPSA) is 74.3 Å². The minimum atomic E-state index is 0.121. The summed E-state index contributed by atoms with van der Waals surface area (Å²) in [7, 11) is 0. The summed E-state index contributed by atoms with van der Waals surface area (Å²) in [4.78, 5) is 18.3. The molecule has 1 saturated heterocycles. The van der Waals surface area contributed by atoms with E-state index in [0.29, 0.717) is 24.3 Å². The lowest BCUT2D eigenvalue weighted by Crippen LogP contribution is -2.25. The number of hydrogen-bond donors (Lipinski definition) is 0. The Kier molecular flexibility index (Phi) is 5.70. The lowest BCUT2D eigenvalue weighted by Gasteiger charge is -2.12. The number of rotatable bonds is 7. The molecule has 6 heteroatoms. The third-order valence-corrected chi connectivity index (χ3v) is 3.74. The molecule has 2 heterocycles. The van der Waals surface area contributed by atoms with E-state index >= 15 is 0 Å². The van der Waals surface area contributed by atoms with Crippen molar-refractivity contribution < 1.29 is 4.79 Å². The van der Waals surface area contributed by atoms with E-state index in [4.69, 9.17) is 0 Å². The molecular weight excluding hydrogens is 278 g/mol. The average molecular weight is 301 g/mol. The van der Waals surface area contributed by atoms with Crippen molar-refractivity contribution in [3.05, 3.63) is 11.8 Å². The Morgan fingerprint density at radius 1 is 1.32 bits per heavy atom. The highest BCUT2D eigenvalue weighted by molar-refractivity contribution is 6.09. The highest BCUT2D eigenvalue weighted by atomic mass is 16.2. The first-order chi connectivity index (χ1) is 10.7. The summed E-state index contributed by atoms with van der Waals surface area (Å²) < 4.78 is 1.79. The Balaban J connectivity index is 2.17. The first-order valence-electron chi connectivity index (χ1n) is 7.99. The van der Waals surface area contributed by atoms with Gasteiger partial charge in [0, 0.05) is 18.8 Å². The largest absolute Gasteiger partial charge is 0.337 e. The number of carbonyl (C=O) groups is 1. The van der Waals surface area contributed by atoms with E-state index in [9.17, 15) is 10.1 Å². The minimum Gasteiger partial charge on any atom is -0.337 e. The Morgan fingerprint density at radius 2 is 2.14 bits per heavy atom. The zero-order valence-corrected chi connectivity index (χ0v) is 13.4. The third kappa shape index (κ3) is 3.73. The van der Waals surface area contributed by atoms with Crippen LogP contribution in [0.5, 0.6) is 0 Å². The summed E-state index contributed by atoms with van der Waals surface area (Å²) in [6.07, 6.45) is 6.13. The van der Waals surface area contributed by atoms with Gasteiger partial charge in [-0.3, -0.25) is 4.79 Å². The van der Waals surface area contributed by atoms with Crippen LogP contribution >= 0.6 is 0 Å². The molecule has 1 aromatic rings. The molecule has 1 aliphatic rings. The van der Waals surface area contributed by atoms with Crippen LogP contribution in [0.1, 0.15) is 51.5 Å². The summed E-state index contributed by atoms with van der Waals surface area (Å²) in [5, 5.41) is 13.5. The molecule has 0 aliphatic carbocycles. The lowest BCUT2D eigenvalue weighted by molar-refractivity contribution is -0.127. The molecule has 0 bridgehead atoms. The predicted molar refractivity (Wildman–Crippen MR) is 85.1 cm³/mol. The van der Waals surface area contributed by atoms with Gasteiger partial charge in [0.2, 0.25) is 5.91 Å². The van der Waals surface area contributed by atoms with Crippen molar-refractivity contribution in [2.75, 3.05) is 13.1 Å². The van der Waals surface area contributed by atoms with E-state index in [-0.39, 0.29) is 5.91 Å². The zero-order chi connectivity index (χ0) is 15.9. The number of nitriles is 1. The second-order valence-corrected chi connectivity index (χ2v) is 5.59. The van der Waals surface area contributed by atoms with Gasteiger partial charge in [-0.25, -0.2) is 9.67 Å². The van der Waals surface area contributed by atoms with E-state index in [1.54, 1.807) is 10.9 Å². The van der Waals surface area contributed by atoms with Gasteiger partial charge in [0.25, 0.3) is 0 Å². The second kappa shape index (κ2) is 7.74. The summed E-state index contributed by atoms with van der Waals surface area (Å²) in [6.45, 7) is 6.29. The van der Waals surface area contributed by atoms with Gasteiger partial charge < -0.3 is 4.90 Å². The number of aryl methyl sites for hydroxylation is 1. The van der Waals surface area contributed by atoms with Crippen LogP contribution in [-0.2, 0) is 11.3 Å². The van der Waals surface area contributed by atoms with Crippen molar-refractivity contribution in [1.82, 2.24) is 14.7 Å². The molecular formula is C16H23N5O. The predicted octanol–water partition coefficient (Wildman–Crippen LogP) is 2.66. The molecule has 1 fully saturated rings. The molecule has 0 N–H and O–H groups in total. The molecule has 0 unspecified atom stereocenters. The number of aliphatic imine (C=N–C) groups is 1. The number of hydrogen-bond acceptors (Lipinski definition) is 4. The van der Waals surface area contributed by atoms with Crippen molar-refractivity contribution in [2.24, 2.45) is 4.99 Å². The number of aromatic nitrogens is 2. The molecule has 1 amide bonds. The van der Waals surface area contributed by atoms with Crippen molar-refractivity contribution in [2.45, 2.75) is 52.5 Å². The maximum Gasteiger partial charge on any atom is 0.228 e. The van der Waals surface area contributed by atoms with E-state index in [2.05, 4.69) is 30.0 Å². The van der Waals surface area contributed by atoms with Crippen LogP contribution in [0.3, 0.4) is 0 Å². The fourth-order valence-corrected chi connectivity index (χ4v) is 2.60. The van der Waals surface area contributed by atoms with E-state index in [1.807, 2.05) is 4.90 Å². The van der Waals surface area contributed by atoms with Crippen molar-refractivity contribution in [1.29, 1.82) is 5.26 Å². The monoisotopic (exact) mass is 301 g/mol. The zero-order valence-electron chi connectivity index (χ0n) is 13.4. The summed E-state index contributed by atoms with van der Waals surface area (Å²) >= 11 is 0. The fourth-order valence-electron chi connectivity index (χ4n) is 2.60. The number of amides is 1. The van der Waals surface area contributed by atoms with Gasteiger partial charge in [-0.15, -0.1) is 0 Å². The van der Waals surface area contributed by atoms with Crippen LogP contribution in [0.2, 0.25) is 0 Å². The molecule has 0 spiro atoms. The van der Waals surface area contributed by atoms with E-state index < -0.39 is 0 Å². The standard InChI is InChI=1S/C16H23N5O/c1-3-5-6-8-21-16(13(10-17)11-18-21)19-14-9-15(22)20(12-14)7-4-2/h11H,3-9,12H2,1-2H3. The summed E-state index contributed by atoms with van der Waals surface area (Å²) in [6, 6.07) is 2.14. The minimum absolute atomic E-state index is 0.121. The van der Waals surface area contributed by atoms with Gasteiger partial charge in [-0.05, 0) is 12.8 Å². The Morgan fingerprint density at radius 3 is 2.82 bits per heavy atom. The van der Waals surface area contributed by atoms with Crippen LogP contribution in [0, 0.1) is 11.3 Å². The average Bonchev–Trinajstić information content (AvgIpc) is 3.04. The molecule has 0 atom stereocenters. The SMILES string of the molecule is CCCCCn1ncc(C#N)c1N=C1CC(=O)N(CCC)C1. The first-order valence-corrected chi connectivity index (χ1v) is 7.99. The highest BCUT2D eigenvalue weighted by Gasteiger charge is 2.25. The molecule has 1 aromatic heterocycles. The number of nitrogens with zero attached hydrogens (tertiary/aromatic N) is 5. The smallest absolute Gasteiger partial charge is 0.228 e. The second-order valence-electron chi connectivity index (χ2n) is 5.59. The first kappa shape index (κ1) is 16.2. The normalized spacial score (nSPS) is 16.5. The van der Waals surface area contributed by atoms with Crippen LogP contribution in [0.15, 0.2) is 11.2 Å². The lowest BCUT2D eigenvalue weighted by atomic mass is 10.2. The highest BCUT2D eigenvalue weighted by Crippen LogP contribution is 2.21. The molecule has 0 saturated carbocycles. The van der Waals surface area contributed by atoms with Crippen molar-refractivity contribution in [3.8, 4) is 6.07 Å². The number of unbranched alkanes of at least 4 members (excludes halogenated alkanes) is 2. The summed E-state index contributed by atoms with van der Waals surface area (Å²) in [5.74, 6) is 0.718. The van der Waals surface area contributed by atoms with Crippen LogP contribution in [0.25, 0.3) is 0 Å². The Labute approximate surface area is 131 Å². The van der Waals surface area contributed by atoms with Crippen LogP contribution in [0.4, 0.5) is 5.82 Å². The Hall–Kier alpha value is -2.16. The maximum absolute atomic E-state index is 11.9. The molecule has 0 radical (unpaired) electrons. The maximum atomic E-state index is 11.9. The molecule has 1 aliphatic heterocycles. The number of likely N-dealkylation sites (tertiary alicyclic amines) is 1. The van der Waals surface area contributed by atoms with Gasteiger partial charge >= 0.3 is 0 Å². The van der Waals surface area contributed by atoms with Gasteiger partial charge in [0.15, 0.2) is 5.82 Å². The molecule has 22 heavy (non-hydrogen) atoms.